The van der Waals surface area contributed by atoms with Gasteiger partial charge in [-0.05, 0) is 24.1 Å². The number of benzene rings is 1. The Morgan fingerprint density at radius 2 is 2.27 bits per heavy atom. The number of aryl methyl sites for hydroxylation is 1. The summed E-state index contributed by atoms with van der Waals surface area (Å²) in [5.41, 5.74) is 0.463. The lowest BCUT2D eigenvalue weighted by atomic mass is 10.1. The molecule has 0 aliphatic rings. The van der Waals surface area contributed by atoms with Crippen LogP contribution in [0, 0.1) is 5.82 Å². The molecule has 0 amide bonds. The van der Waals surface area contributed by atoms with Gasteiger partial charge in [0.15, 0.2) is 11.6 Å². The third kappa shape index (κ3) is 3.09. The molecule has 0 atom stereocenters. The van der Waals surface area contributed by atoms with Crippen molar-refractivity contribution in [1.29, 1.82) is 0 Å². The Morgan fingerprint density at radius 3 is 2.80 bits per heavy atom. The third-order valence-electron chi connectivity index (χ3n) is 1.90. The maximum Gasteiger partial charge on any atom is 0.303 e. The second-order valence-electron chi connectivity index (χ2n) is 2.97. The Kier molecular flexibility index (Phi) is 3.91. The largest absolute Gasteiger partial charge is 0.493 e. The predicted molar refractivity (Wildman–Crippen MR) is 53.9 cm³/mol. The summed E-state index contributed by atoms with van der Waals surface area (Å²) in [4.78, 5) is 10.4. The second-order valence-corrected chi connectivity index (χ2v) is 3.41. The molecule has 0 radical (unpaired) electrons. The zero-order valence-corrected chi connectivity index (χ0v) is 8.84. The molecular formula is C10H10ClFO3. The number of aliphatic carboxylic acids is 1. The van der Waals surface area contributed by atoms with E-state index in [9.17, 15) is 9.18 Å². The lowest BCUT2D eigenvalue weighted by molar-refractivity contribution is -0.136. The molecule has 0 aromatic heterocycles. The Labute approximate surface area is 91.4 Å². The number of rotatable bonds is 4. The number of carbonyl (C=O) groups is 1. The molecular weight excluding hydrogens is 223 g/mol. The minimum Gasteiger partial charge on any atom is -0.493 e. The van der Waals surface area contributed by atoms with E-state index in [0.29, 0.717) is 5.56 Å². The van der Waals surface area contributed by atoms with E-state index in [1.807, 2.05) is 0 Å². The van der Waals surface area contributed by atoms with Crippen LogP contribution in [0.1, 0.15) is 12.0 Å². The molecule has 0 unspecified atom stereocenters. The number of hydrogen-bond donors (Lipinski definition) is 1. The summed E-state index contributed by atoms with van der Waals surface area (Å²) >= 11 is 5.65. The number of carboxylic acids is 1. The molecule has 0 aliphatic carbocycles. The Balaban J connectivity index is 2.98. The van der Waals surface area contributed by atoms with E-state index in [-0.39, 0.29) is 23.6 Å². The molecule has 0 spiro atoms. The number of carboxylic acid groups (broad SMARTS) is 1. The van der Waals surface area contributed by atoms with Gasteiger partial charge in [0.1, 0.15) is 0 Å². The van der Waals surface area contributed by atoms with Crippen molar-refractivity contribution in [3.8, 4) is 5.75 Å². The average Bonchev–Trinajstić information content (AvgIpc) is 2.13. The minimum absolute atomic E-state index is 0.0562. The summed E-state index contributed by atoms with van der Waals surface area (Å²) in [7, 11) is 1.33. The van der Waals surface area contributed by atoms with Crippen molar-refractivity contribution >= 4 is 17.6 Å². The minimum atomic E-state index is -0.947. The number of ether oxygens (including phenoxy) is 1. The van der Waals surface area contributed by atoms with Crippen LogP contribution in [0.5, 0.6) is 5.75 Å². The zero-order chi connectivity index (χ0) is 11.4. The Bertz CT molecular complexity index is 379. The van der Waals surface area contributed by atoms with Crippen LogP contribution in [0.2, 0.25) is 5.02 Å². The molecule has 1 aromatic rings. The van der Waals surface area contributed by atoms with Gasteiger partial charge in [0.25, 0.3) is 0 Å². The first-order valence-corrected chi connectivity index (χ1v) is 4.66. The highest BCUT2D eigenvalue weighted by molar-refractivity contribution is 6.30. The van der Waals surface area contributed by atoms with E-state index >= 15 is 0 Å². The van der Waals surface area contributed by atoms with E-state index in [1.165, 1.54) is 13.2 Å². The van der Waals surface area contributed by atoms with Gasteiger partial charge in [-0.1, -0.05) is 11.6 Å². The highest BCUT2D eigenvalue weighted by atomic mass is 35.5. The van der Waals surface area contributed by atoms with Crippen LogP contribution in [0.3, 0.4) is 0 Å². The lowest BCUT2D eigenvalue weighted by Crippen LogP contribution is -2.01. The molecule has 0 fully saturated rings. The fourth-order valence-electron chi connectivity index (χ4n) is 1.27. The normalized spacial score (nSPS) is 10.1. The third-order valence-corrected chi connectivity index (χ3v) is 2.12. The fourth-order valence-corrected chi connectivity index (χ4v) is 1.50. The molecule has 0 saturated heterocycles. The van der Waals surface area contributed by atoms with Gasteiger partial charge in [-0.25, -0.2) is 4.39 Å². The first-order chi connectivity index (χ1) is 7.04. The number of halogens is 2. The van der Waals surface area contributed by atoms with Crippen molar-refractivity contribution in [3.05, 3.63) is 28.5 Å². The van der Waals surface area contributed by atoms with Gasteiger partial charge in [0.05, 0.1) is 7.11 Å². The Hall–Kier alpha value is -1.29. The molecule has 1 N–H and O–H groups in total. The SMILES string of the molecule is COc1c(F)cc(Cl)cc1CCC(=O)O. The van der Waals surface area contributed by atoms with E-state index in [4.69, 9.17) is 21.4 Å². The quantitative estimate of drug-likeness (QED) is 0.868. The summed E-state index contributed by atoms with van der Waals surface area (Å²) < 4.78 is 18.1. The van der Waals surface area contributed by atoms with E-state index in [2.05, 4.69) is 0 Å². The summed E-state index contributed by atoms with van der Waals surface area (Å²) in [5.74, 6) is -1.47. The van der Waals surface area contributed by atoms with Crippen LogP contribution >= 0.6 is 11.6 Å². The average molecular weight is 233 g/mol. The Morgan fingerprint density at radius 1 is 1.60 bits per heavy atom. The molecule has 0 heterocycles. The van der Waals surface area contributed by atoms with Crippen LogP contribution < -0.4 is 4.74 Å². The van der Waals surface area contributed by atoms with Gasteiger partial charge >= 0.3 is 5.97 Å². The molecule has 0 aliphatic heterocycles. The van der Waals surface area contributed by atoms with Gasteiger partial charge in [-0.3, -0.25) is 4.79 Å². The predicted octanol–water partition coefficient (Wildman–Crippen LogP) is 2.50. The molecule has 15 heavy (non-hydrogen) atoms. The molecule has 5 heteroatoms. The van der Waals surface area contributed by atoms with Crippen molar-refractivity contribution in [1.82, 2.24) is 0 Å². The molecule has 1 aromatic carbocycles. The number of methoxy groups -OCH3 is 1. The lowest BCUT2D eigenvalue weighted by Gasteiger charge is -2.08. The molecule has 82 valence electrons. The van der Waals surface area contributed by atoms with Crippen molar-refractivity contribution in [2.45, 2.75) is 12.8 Å². The topological polar surface area (TPSA) is 46.5 Å². The summed E-state index contributed by atoms with van der Waals surface area (Å²) in [6.07, 6.45) is 0.103. The summed E-state index contributed by atoms with van der Waals surface area (Å²) in [6, 6.07) is 2.64. The summed E-state index contributed by atoms with van der Waals surface area (Å²) in [6.45, 7) is 0. The highest BCUT2D eigenvalue weighted by Gasteiger charge is 2.12. The smallest absolute Gasteiger partial charge is 0.303 e. The van der Waals surface area contributed by atoms with Crippen LogP contribution in [-0.2, 0) is 11.2 Å². The highest BCUT2D eigenvalue weighted by Crippen LogP contribution is 2.27. The van der Waals surface area contributed by atoms with E-state index < -0.39 is 11.8 Å². The van der Waals surface area contributed by atoms with Crippen LogP contribution in [0.25, 0.3) is 0 Å². The van der Waals surface area contributed by atoms with Gasteiger partial charge in [-0.2, -0.15) is 0 Å². The van der Waals surface area contributed by atoms with Gasteiger partial charge in [-0.15, -0.1) is 0 Å². The van der Waals surface area contributed by atoms with Crippen molar-refractivity contribution in [2.75, 3.05) is 7.11 Å². The maximum absolute atomic E-state index is 13.3. The monoisotopic (exact) mass is 232 g/mol. The molecule has 0 saturated carbocycles. The standard InChI is InChI=1S/C10H10ClFO3/c1-15-10-6(2-3-9(13)14)4-7(11)5-8(10)12/h4-5H,2-3H2,1H3,(H,13,14). The fraction of sp³-hybridized carbons (Fsp3) is 0.300. The van der Waals surface area contributed by atoms with E-state index in [1.54, 1.807) is 0 Å². The number of hydrogen-bond acceptors (Lipinski definition) is 2. The molecule has 3 nitrogen and oxygen atoms in total. The first-order valence-electron chi connectivity index (χ1n) is 4.28. The molecule has 1 rings (SSSR count). The zero-order valence-electron chi connectivity index (χ0n) is 8.09. The molecule has 0 bridgehead atoms. The van der Waals surface area contributed by atoms with E-state index in [0.717, 1.165) is 6.07 Å². The van der Waals surface area contributed by atoms with Gasteiger partial charge in [0, 0.05) is 11.4 Å². The van der Waals surface area contributed by atoms with Crippen LogP contribution in [-0.4, -0.2) is 18.2 Å². The second kappa shape index (κ2) is 4.98. The van der Waals surface area contributed by atoms with Crippen molar-refractivity contribution in [3.63, 3.8) is 0 Å². The first kappa shape index (κ1) is 11.8. The van der Waals surface area contributed by atoms with Gasteiger partial charge < -0.3 is 9.84 Å². The van der Waals surface area contributed by atoms with Crippen LogP contribution in [0.4, 0.5) is 4.39 Å². The van der Waals surface area contributed by atoms with Crippen molar-refractivity contribution in [2.24, 2.45) is 0 Å². The summed E-state index contributed by atoms with van der Waals surface area (Å²) in [5, 5.41) is 8.74. The van der Waals surface area contributed by atoms with Crippen molar-refractivity contribution < 1.29 is 19.0 Å². The van der Waals surface area contributed by atoms with Gasteiger partial charge in [0.2, 0.25) is 0 Å². The maximum atomic E-state index is 13.3. The van der Waals surface area contributed by atoms with Crippen LogP contribution in [0.15, 0.2) is 12.1 Å².